The second-order valence-electron chi connectivity index (χ2n) is 9.60. The van der Waals surface area contributed by atoms with Gasteiger partial charge in [-0.1, -0.05) is 18.2 Å². The van der Waals surface area contributed by atoms with E-state index in [-0.39, 0.29) is 29.7 Å². The van der Waals surface area contributed by atoms with Crippen LogP contribution in [0.25, 0.3) is 0 Å². The lowest BCUT2D eigenvalue weighted by Gasteiger charge is -2.38. The molecular weight excluding hydrogens is 404 g/mol. The van der Waals surface area contributed by atoms with Gasteiger partial charge in [-0.15, -0.1) is 0 Å². The maximum absolute atomic E-state index is 14.2. The molecule has 2 unspecified atom stereocenters. The summed E-state index contributed by atoms with van der Waals surface area (Å²) in [6.07, 6.45) is 2.41. The Balaban J connectivity index is 1.59. The lowest BCUT2D eigenvalue weighted by molar-refractivity contribution is -0.121. The van der Waals surface area contributed by atoms with Crippen molar-refractivity contribution in [3.63, 3.8) is 0 Å². The minimum atomic E-state index is -1.08. The lowest BCUT2D eigenvalue weighted by Crippen LogP contribution is -2.49. The quantitative estimate of drug-likeness (QED) is 0.437. The number of amidine groups is 1. The predicted molar refractivity (Wildman–Crippen MR) is 125 cm³/mol. The Morgan fingerprint density at radius 1 is 1.19 bits per heavy atom. The van der Waals surface area contributed by atoms with E-state index in [1.165, 1.54) is 12.1 Å². The van der Waals surface area contributed by atoms with E-state index in [2.05, 4.69) is 24.1 Å². The predicted octanol–water partition coefficient (Wildman–Crippen LogP) is 3.64. The molecule has 3 heterocycles. The van der Waals surface area contributed by atoms with Crippen LogP contribution in [0.15, 0.2) is 36.4 Å². The number of piperidine rings is 1. The fourth-order valence-electron chi connectivity index (χ4n) is 5.71. The average molecular weight is 435 g/mol. The second kappa shape index (κ2) is 7.52. The standard InChI is InChI=1S/C25H30N4O3/c1-15(2)28-9-5-6-16(13-28)14-29-20-8-4-3-7-17(20)25(24(29)32)12-23(26)27-19-11-22(31)21(30)10-18(19)25/h3-4,7-8,10-11,15-16,30-31H,5-6,9,12-14H2,1-2H3,(H2,26,27). The first-order valence-electron chi connectivity index (χ1n) is 11.4. The number of carbonyl (C=O) groups is 1. The molecular formula is C25H30N4O3. The number of hydrogen-bond acceptors (Lipinski definition) is 5. The van der Waals surface area contributed by atoms with Crippen molar-refractivity contribution in [2.45, 2.75) is 44.6 Å². The van der Waals surface area contributed by atoms with Gasteiger partial charge in [0.05, 0.1) is 5.84 Å². The third-order valence-electron chi connectivity index (χ3n) is 7.29. The SMILES string of the molecule is CC(C)N1CCCC(CN2C(=O)C3(CC(=N)Nc4cc(O)c(O)cc43)c3ccccc32)C1. The molecule has 0 bridgehead atoms. The Kier molecular flexibility index (Phi) is 4.89. The molecule has 7 heteroatoms. The topological polar surface area (TPSA) is 99.9 Å². The lowest BCUT2D eigenvalue weighted by atomic mass is 9.70. The maximum atomic E-state index is 14.2. The van der Waals surface area contributed by atoms with Gasteiger partial charge in [-0.05, 0) is 56.8 Å². The van der Waals surface area contributed by atoms with E-state index < -0.39 is 5.41 Å². The van der Waals surface area contributed by atoms with Crippen LogP contribution < -0.4 is 10.2 Å². The van der Waals surface area contributed by atoms with Gasteiger partial charge in [0.15, 0.2) is 11.5 Å². The van der Waals surface area contributed by atoms with Crippen LogP contribution >= 0.6 is 0 Å². The van der Waals surface area contributed by atoms with Gasteiger partial charge < -0.3 is 25.3 Å². The highest BCUT2D eigenvalue weighted by Crippen LogP contribution is 2.54. The van der Waals surface area contributed by atoms with E-state index in [0.717, 1.165) is 37.2 Å². The summed E-state index contributed by atoms with van der Waals surface area (Å²) >= 11 is 0. The van der Waals surface area contributed by atoms with Crippen molar-refractivity contribution >= 4 is 23.1 Å². The van der Waals surface area contributed by atoms with Crippen molar-refractivity contribution in [3.05, 3.63) is 47.5 Å². The largest absolute Gasteiger partial charge is 0.504 e. The summed E-state index contributed by atoms with van der Waals surface area (Å²) in [6, 6.07) is 11.2. The van der Waals surface area contributed by atoms with Crippen molar-refractivity contribution in [2.75, 3.05) is 29.9 Å². The van der Waals surface area contributed by atoms with Gasteiger partial charge in [0, 0.05) is 48.6 Å². The number of para-hydroxylation sites is 1. The molecule has 0 aromatic heterocycles. The Bertz CT molecular complexity index is 1100. The molecule has 1 spiro atoms. The Morgan fingerprint density at radius 3 is 2.72 bits per heavy atom. The van der Waals surface area contributed by atoms with Gasteiger partial charge in [-0.3, -0.25) is 10.2 Å². The molecule has 3 aliphatic heterocycles. The van der Waals surface area contributed by atoms with Gasteiger partial charge >= 0.3 is 0 Å². The van der Waals surface area contributed by atoms with Crippen molar-refractivity contribution in [1.29, 1.82) is 5.41 Å². The summed E-state index contributed by atoms with van der Waals surface area (Å²) in [4.78, 5) is 18.6. The van der Waals surface area contributed by atoms with Crippen LogP contribution in [0.3, 0.4) is 0 Å². The van der Waals surface area contributed by atoms with Crippen LogP contribution in [0.4, 0.5) is 11.4 Å². The highest BCUT2D eigenvalue weighted by Gasteiger charge is 2.55. The van der Waals surface area contributed by atoms with Crippen LogP contribution in [0.2, 0.25) is 0 Å². The summed E-state index contributed by atoms with van der Waals surface area (Å²) in [5, 5.41) is 31.7. The smallest absolute Gasteiger partial charge is 0.242 e. The number of carbonyl (C=O) groups excluding carboxylic acids is 1. The summed E-state index contributed by atoms with van der Waals surface area (Å²) in [6.45, 7) is 7.14. The number of hydrogen-bond donors (Lipinski definition) is 4. The molecule has 168 valence electrons. The van der Waals surface area contributed by atoms with Crippen molar-refractivity contribution in [1.82, 2.24) is 4.90 Å². The van der Waals surface area contributed by atoms with Crippen molar-refractivity contribution in [3.8, 4) is 11.5 Å². The first kappa shape index (κ1) is 20.8. The molecule has 2 atom stereocenters. The molecule has 32 heavy (non-hydrogen) atoms. The second-order valence-corrected chi connectivity index (χ2v) is 9.60. The number of anilines is 2. The normalized spacial score (nSPS) is 25.2. The van der Waals surface area contributed by atoms with Crippen molar-refractivity contribution < 1.29 is 15.0 Å². The molecule has 0 aliphatic carbocycles. The van der Waals surface area contributed by atoms with Crippen LogP contribution in [-0.2, 0) is 10.2 Å². The number of phenolic OH excluding ortho intramolecular Hbond substituents is 2. The molecule has 5 rings (SSSR count). The summed E-state index contributed by atoms with van der Waals surface area (Å²) in [7, 11) is 0. The molecule has 1 fully saturated rings. The number of rotatable bonds is 3. The fraction of sp³-hybridized carbons (Fsp3) is 0.440. The van der Waals surface area contributed by atoms with Crippen LogP contribution in [-0.4, -0.2) is 52.5 Å². The van der Waals surface area contributed by atoms with Crippen LogP contribution in [0.5, 0.6) is 11.5 Å². The maximum Gasteiger partial charge on any atom is 0.242 e. The van der Waals surface area contributed by atoms with Gasteiger partial charge in [0.2, 0.25) is 5.91 Å². The van der Waals surface area contributed by atoms with Gasteiger partial charge in [-0.25, -0.2) is 0 Å². The molecule has 0 saturated carbocycles. The molecule has 1 amide bonds. The number of benzene rings is 2. The molecule has 0 radical (unpaired) electrons. The minimum absolute atomic E-state index is 0.0574. The first-order valence-corrected chi connectivity index (χ1v) is 11.4. The number of aromatic hydroxyl groups is 2. The fourth-order valence-corrected chi connectivity index (χ4v) is 5.71. The first-order chi connectivity index (χ1) is 15.3. The number of amides is 1. The summed E-state index contributed by atoms with van der Waals surface area (Å²) in [5.41, 5.74) is 1.76. The average Bonchev–Trinajstić information content (AvgIpc) is 2.99. The van der Waals surface area contributed by atoms with E-state index in [1.807, 2.05) is 29.2 Å². The number of likely N-dealkylation sites (tertiary alicyclic amines) is 1. The number of nitrogens with one attached hydrogen (secondary N) is 2. The molecule has 4 N–H and O–H groups in total. The van der Waals surface area contributed by atoms with Gasteiger partial charge in [0.25, 0.3) is 0 Å². The number of nitrogens with zero attached hydrogens (tertiary/aromatic N) is 2. The molecule has 2 aromatic rings. The zero-order chi connectivity index (χ0) is 22.6. The number of fused-ring (bicyclic) bond motifs is 4. The summed E-state index contributed by atoms with van der Waals surface area (Å²) in [5.74, 6) is 0.0102. The molecule has 3 aliphatic rings. The zero-order valence-corrected chi connectivity index (χ0v) is 18.6. The number of phenols is 2. The minimum Gasteiger partial charge on any atom is -0.504 e. The molecule has 1 saturated heterocycles. The van der Waals surface area contributed by atoms with Crippen LogP contribution in [0.1, 0.15) is 44.2 Å². The summed E-state index contributed by atoms with van der Waals surface area (Å²) < 4.78 is 0. The van der Waals surface area contributed by atoms with Crippen molar-refractivity contribution in [2.24, 2.45) is 5.92 Å². The van der Waals surface area contributed by atoms with Gasteiger partial charge in [-0.2, -0.15) is 0 Å². The third kappa shape index (κ3) is 3.06. The van der Waals surface area contributed by atoms with E-state index in [9.17, 15) is 15.0 Å². The van der Waals surface area contributed by atoms with E-state index >= 15 is 0 Å². The third-order valence-corrected chi connectivity index (χ3v) is 7.29. The Morgan fingerprint density at radius 2 is 1.94 bits per heavy atom. The highest BCUT2D eigenvalue weighted by atomic mass is 16.3. The van der Waals surface area contributed by atoms with E-state index in [4.69, 9.17) is 5.41 Å². The van der Waals surface area contributed by atoms with Crippen LogP contribution in [0, 0.1) is 11.3 Å². The van der Waals surface area contributed by atoms with E-state index in [1.54, 1.807) is 0 Å². The van der Waals surface area contributed by atoms with Gasteiger partial charge in [0.1, 0.15) is 5.41 Å². The van der Waals surface area contributed by atoms with E-state index in [0.29, 0.717) is 29.8 Å². The monoisotopic (exact) mass is 434 g/mol. The Hall–Kier alpha value is -3.06. The zero-order valence-electron chi connectivity index (χ0n) is 18.6. The Labute approximate surface area is 188 Å². The molecule has 2 aromatic carbocycles. The highest BCUT2D eigenvalue weighted by molar-refractivity contribution is 6.16. The molecule has 7 nitrogen and oxygen atoms in total.